The van der Waals surface area contributed by atoms with E-state index in [0.717, 1.165) is 11.8 Å². The molecule has 0 aliphatic heterocycles. The Morgan fingerprint density at radius 1 is 0.846 bits per heavy atom. The van der Waals surface area contributed by atoms with Crippen molar-refractivity contribution in [1.82, 2.24) is 0 Å². The second-order valence-corrected chi connectivity index (χ2v) is 4.91. The van der Waals surface area contributed by atoms with Crippen LogP contribution < -0.4 is 0 Å². The van der Waals surface area contributed by atoms with Gasteiger partial charge in [0, 0.05) is 0 Å². The first-order chi connectivity index (χ1) is 6.42. The van der Waals surface area contributed by atoms with Gasteiger partial charge in [0.05, 0.1) is 6.67 Å². The summed E-state index contributed by atoms with van der Waals surface area (Å²) in [7, 11) is 0. The van der Waals surface area contributed by atoms with Crippen LogP contribution in [0.25, 0.3) is 0 Å². The van der Waals surface area contributed by atoms with Crippen LogP contribution in [0.5, 0.6) is 0 Å². The van der Waals surface area contributed by atoms with E-state index in [1.54, 1.807) is 0 Å². The number of halogens is 1. The molecule has 2 fully saturated rings. The van der Waals surface area contributed by atoms with Crippen molar-refractivity contribution in [1.29, 1.82) is 0 Å². The average Bonchev–Trinajstić information content (AvgIpc) is 2.76. The molecule has 0 amide bonds. The summed E-state index contributed by atoms with van der Waals surface area (Å²) in [6.45, 7) is -0.0463. The van der Waals surface area contributed by atoms with Gasteiger partial charge >= 0.3 is 0 Å². The first-order valence-electron chi connectivity index (χ1n) is 5.98. The minimum absolute atomic E-state index is 0.0463. The molecule has 2 aliphatic carbocycles. The molecule has 0 aromatic heterocycles. The summed E-state index contributed by atoms with van der Waals surface area (Å²) in [5.41, 5.74) is 0. The number of alkyl halides is 1. The maximum atomic E-state index is 13.0. The third-order valence-electron chi connectivity index (χ3n) is 4.19. The molecule has 1 heteroatoms. The van der Waals surface area contributed by atoms with Gasteiger partial charge in [-0.2, -0.15) is 0 Å². The fourth-order valence-electron chi connectivity index (χ4n) is 3.41. The van der Waals surface area contributed by atoms with Crippen molar-refractivity contribution < 1.29 is 4.39 Å². The van der Waals surface area contributed by atoms with E-state index in [4.69, 9.17) is 0 Å². The molecule has 0 radical (unpaired) electrons. The Labute approximate surface area is 80.9 Å². The second kappa shape index (κ2) is 4.43. The molecule has 0 spiro atoms. The summed E-state index contributed by atoms with van der Waals surface area (Å²) in [4.78, 5) is 0. The predicted molar refractivity (Wildman–Crippen MR) is 53.4 cm³/mol. The van der Waals surface area contributed by atoms with Crippen molar-refractivity contribution in [2.45, 2.75) is 51.4 Å². The van der Waals surface area contributed by atoms with Gasteiger partial charge in [0.15, 0.2) is 0 Å². The van der Waals surface area contributed by atoms with E-state index in [1.165, 1.54) is 51.4 Å². The van der Waals surface area contributed by atoms with Crippen LogP contribution >= 0.6 is 0 Å². The van der Waals surface area contributed by atoms with Crippen LogP contribution in [0.1, 0.15) is 51.4 Å². The molecule has 0 aromatic rings. The molecule has 0 saturated heterocycles. The highest BCUT2D eigenvalue weighted by molar-refractivity contribution is 4.82. The normalized spacial score (nSPS) is 26.3. The van der Waals surface area contributed by atoms with Gasteiger partial charge in [-0.15, -0.1) is 0 Å². The maximum Gasteiger partial charge on any atom is 0.0927 e. The quantitative estimate of drug-likeness (QED) is 0.623. The van der Waals surface area contributed by atoms with Crippen molar-refractivity contribution in [3.8, 4) is 0 Å². The molecular weight excluding hydrogens is 163 g/mol. The van der Waals surface area contributed by atoms with Gasteiger partial charge in [0.1, 0.15) is 0 Å². The molecule has 0 aromatic carbocycles. The third kappa shape index (κ3) is 2.05. The van der Waals surface area contributed by atoms with Crippen LogP contribution in [-0.4, -0.2) is 6.67 Å². The lowest BCUT2D eigenvalue weighted by Gasteiger charge is -2.26. The Morgan fingerprint density at radius 2 is 1.23 bits per heavy atom. The van der Waals surface area contributed by atoms with Crippen molar-refractivity contribution in [2.75, 3.05) is 6.67 Å². The van der Waals surface area contributed by atoms with Crippen LogP contribution in [0.2, 0.25) is 0 Å². The molecule has 2 saturated carbocycles. The highest BCUT2D eigenvalue weighted by Gasteiger charge is 2.32. The van der Waals surface area contributed by atoms with E-state index < -0.39 is 0 Å². The smallest absolute Gasteiger partial charge is 0.0927 e. The zero-order valence-electron chi connectivity index (χ0n) is 8.47. The fourth-order valence-corrected chi connectivity index (χ4v) is 3.41. The third-order valence-corrected chi connectivity index (χ3v) is 4.19. The van der Waals surface area contributed by atoms with Gasteiger partial charge in [0.2, 0.25) is 0 Å². The van der Waals surface area contributed by atoms with Gasteiger partial charge in [0.25, 0.3) is 0 Å². The minimum atomic E-state index is -0.0463. The van der Waals surface area contributed by atoms with Crippen molar-refractivity contribution in [3.05, 3.63) is 0 Å². The van der Waals surface area contributed by atoms with Crippen LogP contribution in [0.4, 0.5) is 4.39 Å². The summed E-state index contributed by atoms with van der Waals surface area (Å²) in [5, 5.41) is 0. The number of hydrogen-bond acceptors (Lipinski definition) is 0. The zero-order chi connectivity index (χ0) is 9.10. The molecule has 76 valence electrons. The number of hydrogen-bond donors (Lipinski definition) is 0. The SMILES string of the molecule is FCC(C1CCCC1)C1CCCC1. The summed E-state index contributed by atoms with van der Waals surface area (Å²) in [6.07, 6.45) is 10.7. The van der Waals surface area contributed by atoms with Gasteiger partial charge < -0.3 is 0 Å². The van der Waals surface area contributed by atoms with E-state index in [2.05, 4.69) is 0 Å². The monoisotopic (exact) mass is 184 g/mol. The van der Waals surface area contributed by atoms with Crippen molar-refractivity contribution in [3.63, 3.8) is 0 Å². The van der Waals surface area contributed by atoms with Gasteiger partial charge in [-0.1, -0.05) is 51.4 Å². The highest BCUT2D eigenvalue weighted by atomic mass is 19.1. The largest absolute Gasteiger partial charge is 0.251 e. The summed E-state index contributed by atoms with van der Waals surface area (Å²) in [5.74, 6) is 1.92. The molecule has 13 heavy (non-hydrogen) atoms. The molecular formula is C12H21F. The van der Waals surface area contributed by atoms with E-state index >= 15 is 0 Å². The lowest BCUT2D eigenvalue weighted by Crippen LogP contribution is -2.22. The molecule has 0 atom stereocenters. The molecule has 2 rings (SSSR count). The van der Waals surface area contributed by atoms with Crippen LogP contribution in [0.15, 0.2) is 0 Å². The maximum absolute atomic E-state index is 13.0. The van der Waals surface area contributed by atoms with Crippen molar-refractivity contribution in [2.24, 2.45) is 17.8 Å². The Bertz CT molecular complexity index is 127. The lowest BCUT2D eigenvalue weighted by atomic mass is 9.80. The van der Waals surface area contributed by atoms with E-state index in [0.29, 0.717) is 5.92 Å². The van der Waals surface area contributed by atoms with E-state index in [1.807, 2.05) is 0 Å². The summed E-state index contributed by atoms with van der Waals surface area (Å²) >= 11 is 0. The van der Waals surface area contributed by atoms with Gasteiger partial charge in [-0.05, 0) is 17.8 Å². The van der Waals surface area contributed by atoms with Crippen LogP contribution in [-0.2, 0) is 0 Å². The summed E-state index contributed by atoms with van der Waals surface area (Å²) in [6, 6.07) is 0. The number of rotatable bonds is 3. The highest BCUT2D eigenvalue weighted by Crippen LogP contribution is 2.41. The topological polar surface area (TPSA) is 0 Å². The Balaban J connectivity index is 1.90. The first kappa shape index (κ1) is 9.48. The fraction of sp³-hybridized carbons (Fsp3) is 1.00. The van der Waals surface area contributed by atoms with E-state index in [-0.39, 0.29) is 6.67 Å². The van der Waals surface area contributed by atoms with E-state index in [9.17, 15) is 4.39 Å². The van der Waals surface area contributed by atoms with Crippen LogP contribution in [0, 0.1) is 17.8 Å². The predicted octanol–water partition coefficient (Wildman–Crippen LogP) is 3.95. The molecule has 0 bridgehead atoms. The molecule has 2 aliphatic rings. The Morgan fingerprint density at radius 3 is 1.54 bits per heavy atom. The zero-order valence-corrected chi connectivity index (χ0v) is 8.47. The lowest BCUT2D eigenvalue weighted by molar-refractivity contribution is 0.182. The molecule has 0 unspecified atom stereocenters. The second-order valence-electron chi connectivity index (χ2n) is 4.91. The standard InChI is InChI=1S/C12H21F/c13-9-12(10-5-1-2-6-10)11-7-3-4-8-11/h10-12H,1-9H2. The van der Waals surface area contributed by atoms with Gasteiger partial charge in [-0.25, -0.2) is 0 Å². The van der Waals surface area contributed by atoms with Crippen LogP contribution in [0.3, 0.4) is 0 Å². The Kier molecular flexibility index (Phi) is 3.23. The Hall–Kier alpha value is -0.0700. The van der Waals surface area contributed by atoms with Crippen molar-refractivity contribution >= 4 is 0 Å². The summed E-state index contributed by atoms with van der Waals surface area (Å²) < 4.78 is 13.0. The molecule has 0 N–H and O–H groups in total. The molecule has 0 heterocycles. The molecule has 0 nitrogen and oxygen atoms in total. The van der Waals surface area contributed by atoms with Gasteiger partial charge in [-0.3, -0.25) is 4.39 Å². The first-order valence-corrected chi connectivity index (χ1v) is 5.98. The minimum Gasteiger partial charge on any atom is -0.251 e. The average molecular weight is 184 g/mol.